The van der Waals surface area contributed by atoms with E-state index in [4.69, 9.17) is 0 Å². The van der Waals surface area contributed by atoms with Crippen LogP contribution in [0.3, 0.4) is 0 Å². The van der Waals surface area contributed by atoms with E-state index in [1.165, 1.54) is 36.1 Å². The summed E-state index contributed by atoms with van der Waals surface area (Å²) < 4.78 is 0. The Balaban J connectivity index is 2.16. The number of hydrogen-bond acceptors (Lipinski definition) is 2. The lowest BCUT2D eigenvalue weighted by Crippen LogP contribution is -2.25. The zero-order valence-electron chi connectivity index (χ0n) is 10.2. The third-order valence-electron chi connectivity index (χ3n) is 2.82. The van der Waals surface area contributed by atoms with E-state index in [1.807, 2.05) is 11.3 Å². The van der Waals surface area contributed by atoms with Crippen LogP contribution in [0.2, 0.25) is 0 Å². The van der Waals surface area contributed by atoms with Crippen molar-refractivity contribution in [3.63, 3.8) is 0 Å². The van der Waals surface area contributed by atoms with E-state index in [1.54, 1.807) is 0 Å². The Kier molecular flexibility index (Phi) is 5.96. The van der Waals surface area contributed by atoms with Gasteiger partial charge in [-0.1, -0.05) is 26.2 Å². The number of rotatable bonds is 7. The van der Waals surface area contributed by atoms with E-state index in [2.05, 4.69) is 37.5 Å². The van der Waals surface area contributed by atoms with Crippen LogP contribution >= 0.6 is 11.3 Å². The Morgan fingerprint density at radius 1 is 1.40 bits per heavy atom. The SMILES string of the molecule is CCCCC[C@@H](C)NCc1sccc1C. The summed E-state index contributed by atoms with van der Waals surface area (Å²) in [5.41, 5.74) is 1.42. The van der Waals surface area contributed by atoms with E-state index >= 15 is 0 Å². The van der Waals surface area contributed by atoms with Crippen molar-refractivity contribution in [2.24, 2.45) is 0 Å². The molecule has 1 atom stereocenters. The first-order valence-corrected chi connectivity index (χ1v) is 6.88. The maximum absolute atomic E-state index is 3.60. The molecule has 0 bridgehead atoms. The highest BCUT2D eigenvalue weighted by Crippen LogP contribution is 2.15. The van der Waals surface area contributed by atoms with Gasteiger partial charge in [0.15, 0.2) is 0 Å². The zero-order valence-corrected chi connectivity index (χ0v) is 11.0. The lowest BCUT2D eigenvalue weighted by atomic mass is 10.1. The highest BCUT2D eigenvalue weighted by Gasteiger charge is 2.03. The standard InChI is InChI=1S/C13H23NS/c1-4-5-6-7-12(3)14-10-13-11(2)8-9-15-13/h8-9,12,14H,4-7,10H2,1-3H3/t12-/m1/s1. The van der Waals surface area contributed by atoms with Gasteiger partial charge in [-0.25, -0.2) is 0 Å². The van der Waals surface area contributed by atoms with Gasteiger partial charge < -0.3 is 5.32 Å². The molecule has 15 heavy (non-hydrogen) atoms. The van der Waals surface area contributed by atoms with E-state index in [-0.39, 0.29) is 0 Å². The fourth-order valence-electron chi connectivity index (χ4n) is 1.65. The molecule has 0 aliphatic carbocycles. The minimum atomic E-state index is 0.651. The number of nitrogens with one attached hydrogen (secondary N) is 1. The summed E-state index contributed by atoms with van der Waals surface area (Å²) in [4.78, 5) is 1.48. The molecule has 0 amide bonds. The van der Waals surface area contributed by atoms with Gasteiger partial charge in [-0.3, -0.25) is 0 Å². The van der Waals surface area contributed by atoms with Crippen LogP contribution in [0.4, 0.5) is 0 Å². The summed E-state index contributed by atoms with van der Waals surface area (Å²) in [6.45, 7) is 7.78. The van der Waals surface area contributed by atoms with Crippen LogP contribution in [0.1, 0.15) is 50.0 Å². The molecule has 0 aliphatic rings. The van der Waals surface area contributed by atoms with E-state index < -0.39 is 0 Å². The molecule has 1 aromatic heterocycles. The van der Waals surface area contributed by atoms with Crippen molar-refractivity contribution in [1.29, 1.82) is 0 Å². The first kappa shape index (κ1) is 12.7. The summed E-state index contributed by atoms with van der Waals surface area (Å²) in [7, 11) is 0. The fraction of sp³-hybridized carbons (Fsp3) is 0.692. The zero-order chi connectivity index (χ0) is 11.1. The summed E-state index contributed by atoms with van der Waals surface area (Å²) in [5, 5.41) is 5.77. The highest BCUT2D eigenvalue weighted by molar-refractivity contribution is 7.10. The minimum absolute atomic E-state index is 0.651. The molecular weight excluding hydrogens is 202 g/mol. The lowest BCUT2D eigenvalue weighted by molar-refractivity contribution is 0.489. The summed E-state index contributed by atoms with van der Waals surface area (Å²) >= 11 is 1.86. The largest absolute Gasteiger partial charge is 0.309 e. The van der Waals surface area contributed by atoms with Gasteiger partial charge in [0.2, 0.25) is 0 Å². The Morgan fingerprint density at radius 2 is 2.20 bits per heavy atom. The first-order valence-electron chi connectivity index (χ1n) is 6.00. The molecule has 0 aliphatic heterocycles. The molecule has 1 N–H and O–H groups in total. The molecule has 0 spiro atoms. The van der Waals surface area contributed by atoms with Crippen LogP contribution in [0.15, 0.2) is 11.4 Å². The summed E-state index contributed by atoms with van der Waals surface area (Å²) in [5.74, 6) is 0. The molecule has 0 saturated carbocycles. The Labute approximate surface area is 97.9 Å². The van der Waals surface area contributed by atoms with Crippen LogP contribution in [0.5, 0.6) is 0 Å². The van der Waals surface area contributed by atoms with Gasteiger partial charge in [0.25, 0.3) is 0 Å². The van der Waals surface area contributed by atoms with Crippen LogP contribution in [0.25, 0.3) is 0 Å². The Hall–Kier alpha value is -0.340. The summed E-state index contributed by atoms with van der Waals surface area (Å²) in [6.07, 6.45) is 5.34. The molecule has 0 aromatic carbocycles. The van der Waals surface area contributed by atoms with Crippen molar-refractivity contribution in [3.05, 3.63) is 21.9 Å². The van der Waals surface area contributed by atoms with Crippen molar-refractivity contribution in [2.75, 3.05) is 0 Å². The van der Waals surface area contributed by atoms with Crippen LogP contribution in [0, 0.1) is 6.92 Å². The molecular formula is C13H23NS. The van der Waals surface area contributed by atoms with E-state index in [0.717, 1.165) is 6.54 Å². The predicted octanol–water partition coefficient (Wildman–Crippen LogP) is 4.11. The second-order valence-corrected chi connectivity index (χ2v) is 5.31. The minimum Gasteiger partial charge on any atom is -0.309 e. The van der Waals surface area contributed by atoms with Gasteiger partial charge in [0, 0.05) is 17.5 Å². The molecule has 0 unspecified atom stereocenters. The molecule has 2 heteroatoms. The predicted molar refractivity (Wildman–Crippen MR) is 69.5 cm³/mol. The van der Waals surface area contributed by atoms with Crippen molar-refractivity contribution >= 4 is 11.3 Å². The number of thiophene rings is 1. The lowest BCUT2D eigenvalue weighted by Gasteiger charge is -2.13. The monoisotopic (exact) mass is 225 g/mol. The average Bonchev–Trinajstić information content (AvgIpc) is 2.61. The summed E-state index contributed by atoms with van der Waals surface area (Å²) in [6, 6.07) is 2.85. The van der Waals surface area contributed by atoms with Crippen LogP contribution < -0.4 is 5.32 Å². The van der Waals surface area contributed by atoms with Gasteiger partial charge in [0.1, 0.15) is 0 Å². The normalized spacial score (nSPS) is 13.0. The van der Waals surface area contributed by atoms with Gasteiger partial charge in [-0.2, -0.15) is 0 Å². The molecule has 0 fully saturated rings. The molecule has 1 aromatic rings. The molecule has 0 radical (unpaired) electrons. The first-order chi connectivity index (χ1) is 7.24. The maximum Gasteiger partial charge on any atom is 0.0304 e. The molecule has 86 valence electrons. The van der Waals surface area contributed by atoms with Crippen molar-refractivity contribution in [2.45, 2.75) is 59.0 Å². The second kappa shape index (κ2) is 7.02. The maximum atomic E-state index is 3.60. The topological polar surface area (TPSA) is 12.0 Å². The van der Waals surface area contributed by atoms with Gasteiger partial charge >= 0.3 is 0 Å². The Morgan fingerprint density at radius 3 is 2.80 bits per heavy atom. The van der Waals surface area contributed by atoms with Gasteiger partial charge in [0.05, 0.1) is 0 Å². The molecule has 0 saturated heterocycles. The smallest absolute Gasteiger partial charge is 0.0304 e. The molecule has 1 rings (SSSR count). The van der Waals surface area contributed by atoms with Gasteiger partial charge in [-0.05, 0) is 37.3 Å². The van der Waals surface area contributed by atoms with E-state index in [0.29, 0.717) is 6.04 Å². The molecule has 1 nitrogen and oxygen atoms in total. The Bertz CT molecular complexity index is 267. The van der Waals surface area contributed by atoms with Crippen molar-refractivity contribution in [1.82, 2.24) is 5.32 Å². The third kappa shape index (κ3) is 4.80. The van der Waals surface area contributed by atoms with E-state index in [9.17, 15) is 0 Å². The quantitative estimate of drug-likeness (QED) is 0.688. The molecule has 1 heterocycles. The fourth-order valence-corrected chi connectivity index (χ4v) is 2.51. The number of unbranched alkanes of at least 4 members (excludes halogenated alkanes) is 2. The van der Waals surface area contributed by atoms with Crippen LogP contribution in [-0.2, 0) is 6.54 Å². The van der Waals surface area contributed by atoms with Gasteiger partial charge in [-0.15, -0.1) is 11.3 Å². The number of aryl methyl sites for hydroxylation is 1. The van der Waals surface area contributed by atoms with Crippen molar-refractivity contribution in [3.8, 4) is 0 Å². The third-order valence-corrected chi connectivity index (χ3v) is 3.84. The van der Waals surface area contributed by atoms with Crippen LogP contribution in [-0.4, -0.2) is 6.04 Å². The van der Waals surface area contributed by atoms with Crippen molar-refractivity contribution < 1.29 is 0 Å². The highest BCUT2D eigenvalue weighted by atomic mass is 32.1. The number of hydrogen-bond donors (Lipinski definition) is 1. The second-order valence-electron chi connectivity index (χ2n) is 4.30. The average molecular weight is 225 g/mol.